The van der Waals surface area contributed by atoms with Crippen molar-refractivity contribution in [3.05, 3.63) is 81.2 Å². The Labute approximate surface area is 207 Å². The molecule has 3 N–H and O–H groups in total. The minimum atomic E-state index is -1.05. The maximum Gasteiger partial charge on any atom is 0.335 e. The summed E-state index contributed by atoms with van der Waals surface area (Å²) in [7, 11) is 1.72. The normalized spacial score (nSPS) is 11.1. The maximum absolute atomic E-state index is 13.9. The van der Waals surface area contributed by atoms with Gasteiger partial charge in [0.15, 0.2) is 0 Å². The lowest BCUT2D eigenvalue weighted by Gasteiger charge is -2.28. The second-order valence-corrected chi connectivity index (χ2v) is 9.61. The number of anilines is 1. The summed E-state index contributed by atoms with van der Waals surface area (Å²) in [6.45, 7) is 12.0. The molecule has 3 rings (SSSR count). The van der Waals surface area contributed by atoms with Gasteiger partial charge >= 0.3 is 5.97 Å². The molecule has 35 heavy (non-hydrogen) atoms. The van der Waals surface area contributed by atoms with E-state index in [1.54, 1.807) is 31.0 Å². The fourth-order valence-electron chi connectivity index (χ4n) is 4.69. The van der Waals surface area contributed by atoms with Crippen molar-refractivity contribution in [1.29, 1.82) is 0 Å². The molecule has 2 aromatic carbocycles. The standard InChI is InChI=1S/C29H35N3O3/c1-16(2)14-24-23(15-30)26(21-11-8-17(3)9-12-21)27(20(6)31-24)32(7)28(33)25-18(4)10-13-22(19(25)5)29(34)35/h8-13,16H,14-15,30H2,1-7H3,(H,34,35). The molecule has 0 aliphatic rings. The SMILES string of the molecule is Cc1ccc(-c2c(CN)c(CC(C)C)nc(C)c2N(C)C(=O)c2c(C)ccc(C(=O)O)c2C)cc1. The Hall–Kier alpha value is -3.51. The van der Waals surface area contributed by atoms with E-state index in [9.17, 15) is 14.7 Å². The van der Waals surface area contributed by atoms with Gasteiger partial charge in [-0.15, -0.1) is 0 Å². The van der Waals surface area contributed by atoms with Gasteiger partial charge in [0.05, 0.1) is 16.9 Å². The van der Waals surface area contributed by atoms with Crippen molar-refractivity contribution < 1.29 is 14.7 Å². The van der Waals surface area contributed by atoms with Gasteiger partial charge < -0.3 is 15.7 Å². The lowest BCUT2D eigenvalue weighted by atomic mass is 9.91. The van der Waals surface area contributed by atoms with Crippen molar-refractivity contribution in [3.8, 4) is 11.1 Å². The Morgan fingerprint density at radius 3 is 2.20 bits per heavy atom. The number of benzene rings is 2. The molecule has 0 aliphatic heterocycles. The van der Waals surface area contributed by atoms with E-state index in [1.807, 2.05) is 45.0 Å². The summed E-state index contributed by atoms with van der Waals surface area (Å²) in [6, 6.07) is 11.4. The first-order chi connectivity index (χ1) is 16.5. The van der Waals surface area contributed by atoms with Crippen molar-refractivity contribution in [2.45, 2.75) is 54.5 Å². The lowest BCUT2D eigenvalue weighted by molar-refractivity contribution is 0.0696. The first-order valence-electron chi connectivity index (χ1n) is 11.9. The summed E-state index contributed by atoms with van der Waals surface area (Å²) in [5, 5.41) is 9.60. The number of hydrogen-bond donors (Lipinski definition) is 2. The number of rotatable bonds is 7. The van der Waals surface area contributed by atoms with Crippen LogP contribution in [-0.4, -0.2) is 29.0 Å². The van der Waals surface area contributed by atoms with E-state index in [4.69, 9.17) is 10.7 Å². The minimum Gasteiger partial charge on any atom is -0.478 e. The number of nitrogens with zero attached hydrogens (tertiary/aromatic N) is 2. The van der Waals surface area contributed by atoms with E-state index < -0.39 is 5.97 Å². The molecule has 0 fully saturated rings. The molecule has 0 saturated carbocycles. The van der Waals surface area contributed by atoms with Gasteiger partial charge in [-0.05, 0) is 68.4 Å². The predicted molar refractivity (Wildman–Crippen MR) is 141 cm³/mol. The summed E-state index contributed by atoms with van der Waals surface area (Å²) in [4.78, 5) is 32.1. The number of amides is 1. The monoisotopic (exact) mass is 473 g/mol. The Balaban J connectivity index is 2.30. The molecule has 6 nitrogen and oxygen atoms in total. The van der Waals surface area contributed by atoms with Crippen LogP contribution in [0.5, 0.6) is 0 Å². The van der Waals surface area contributed by atoms with Crippen LogP contribution in [0.4, 0.5) is 5.69 Å². The Bertz CT molecular complexity index is 1280. The highest BCUT2D eigenvalue weighted by molar-refractivity contribution is 6.11. The van der Waals surface area contributed by atoms with Crippen LogP contribution >= 0.6 is 0 Å². The zero-order chi connectivity index (χ0) is 26.0. The summed E-state index contributed by atoms with van der Waals surface area (Å²) >= 11 is 0. The molecule has 0 radical (unpaired) electrons. The lowest BCUT2D eigenvalue weighted by Crippen LogP contribution is -2.30. The molecule has 0 aliphatic carbocycles. The molecule has 1 amide bonds. The van der Waals surface area contributed by atoms with Crippen LogP contribution < -0.4 is 10.6 Å². The number of pyridine rings is 1. The molecule has 6 heteroatoms. The van der Waals surface area contributed by atoms with Crippen LogP contribution in [0.15, 0.2) is 36.4 Å². The second kappa shape index (κ2) is 10.4. The first kappa shape index (κ1) is 26.1. The van der Waals surface area contributed by atoms with Crippen LogP contribution in [0.3, 0.4) is 0 Å². The van der Waals surface area contributed by atoms with Crippen molar-refractivity contribution in [2.75, 3.05) is 11.9 Å². The molecular weight excluding hydrogens is 438 g/mol. The average molecular weight is 474 g/mol. The Morgan fingerprint density at radius 1 is 1.03 bits per heavy atom. The van der Waals surface area contributed by atoms with Crippen molar-refractivity contribution in [1.82, 2.24) is 4.98 Å². The highest BCUT2D eigenvalue weighted by Gasteiger charge is 2.27. The second-order valence-electron chi connectivity index (χ2n) is 9.61. The average Bonchev–Trinajstić information content (AvgIpc) is 2.78. The molecule has 0 atom stereocenters. The van der Waals surface area contributed by atoms with Gasteiger partial charge in [-0.3, -0.25) is 9.78 Å². The van der Waals surface area contributed by atoms with Crippen LogP contribution in [0.25, 0.3) is 11.1 Å². The largest absolute Gasteiger partial charge is 0.478 e. The predicted octanol–water partition coefficient (Wildman–Crippen LogP) is 5.61. The van der Waals surface area contributed by atoms with E-state index in [0.29, 0.717) is 29.3 Å². The molecule has 1 aromatic heterocycles. The fraction of sp³-hybridized carbons (Fsp3) is 0.345. The van der Waals surface area contributed by atoms with Gasteiger partial charge in [0.1, 0.15) is 0 Å². The summed E-state index contributed by atoms with van der Waals surface area (Å²) in [6.07, 6.45) is 0.781. The van der Waals surface area contributed by atoms with Gasteiger partial charge in [0.25, 0.3) is 5.91 Å². The van der Waals surface area contributed by atoms with Crippen molar-refractivity contribution in [3.63, 3.8) is 0 Å². The number of hydrogen-bond acceptors (Lipinski definition) is 4. The number of nitrogens with two attached hydrogens (primary N) is 1. The molecule has 1 heterocycles. The molecule has 0 spiro atoms. The van der Waals surface area contributed by atoms with E-state index in [-0.39, 0.29) is 11.5 Å². The van der Waals surface area contributed by atoms with E-state index in [2.05, 4.69) is 13.8 Å². The van der Waals surface area contributed by atoms with E-state index in [1.165, 1.54) is 0 Å². The number of aromatic carboxylic acids is 1. The van der Waals surface area contributed by atoms with Crippen molar-refractivity contribution in [2.24, 2.45) is 11.7 Å². The Morgan fingerprint density at radius 2 is 1.66 bits per heavy atom. The van der Waals surface area contributed by atoms with Gasteiger partial charge in [-0.1, -0.05) is 49.7 Å². The molecule has 3 aromatic rings. The van der Waals surface area contributed by atoms with Gasteiger partial charge in [0.2, 0.25) is 0 Å². The Kier molecular flexibility index (Phi) is 7.76. The third kappa shape index (κ3) is 5.13. The molecule has 0 saturated heterocycles. The molecule has 0 unspecified atom stereocenters. The highest BCUT2D eigenvalue weighted by Crippen LogP contribution is 2.39. The topological polar surface area (TPSA) is 96.5 Å². The number of carboxylic acid groups (broad SMARTS) is 1. The molecule has 184 valence electrons. The van der Waals surface area contributed by atoms with Gasteiger partial charge in [-0.25, -0.2) is 4.79 Å². The van der Waals surface area contributed by atoms with Crippen LogP contribution in [0, 0.1) is 33.6 Å². The van der Waals surface area contributed by atoms with Crippen molar-refractivity contribution >= 4 is 17.6 Å². The van der Waals surface area contributed by atoms with E-state index in [0.717, 1.165) is 45.6 Å². The quantitative estimate of drug-likeness (QED) is 0.465. The summed E-state index contributed by atoms with van der Waals surface area (Å²) in [5.41, 5.74) is 14.3. The summed E-state index contributed by atoms with van der Waals surface area (Å²) in [5.74, 6) is -0.936. The van der Waals surface area contributed by atoms with Gasteiger partial charge in [0, 0.05) is 30.4 Å². The number of aryl methyl sites for hydroxylation is 3. The molecular formula is C29H35N3O3. The zero-order valence-electron chi connectivity index (χ0n) is 21.7. The number of carboxylic acids is 1. The highest BCUT2D eigenvalue weighted by atomic mass is 16.4. The minimum absolute atomic E-state index is 0.121. The third-order valence-electron chi connectivity index (χ3n) is 6.44. The zero-order valence-corrected chi connectivity index (χ0v) is 21.7. The van der Waals surface area contributed by atoms with E-state index >= 15 is 0 Å². The number of carbonyl (C=O) groups excluding carboxylic acids is 1. The van der Waals surface area contributed by atoms with Crippen LogP contribution in [0.1, 0.15) is 68.2 Å². The first-order valence-corrected chi connectivity index (χ1v) is 11.9. The number of aromatic nitrogens is 1. The van der Waals surface area contributed by atoms with Crippen LogP contribution in [-0.2, 0) is 13.0 Å². The van der Waals surface area contributed by atoms with Crippen LogP contribution in [0.2, 0.25) is 0 Å². The fourth-order valence-corrected chi connectivity index (χ4v) is 4.69. The maximum atomic E-state index is 13.9. The molecule has 0 bridgehead atoms. The van der Waals surface area contributed by atoms with Gasteiger partial charge in [-0.2, -0.15) is 0 Å². The summed E-state index contributed by atoms with van der Waals surface area (Å²) < 4.78 is 0. The smallest absolute Gasteiger partial charge is 0.335 e. The third-order valence-corrected chi connectivity index (χ3v) is 6.44. The number of carbonyl (C=O) groups is 2.